The van der Waals surface area contributed by atoms with Crippen LogP contribution in [0.2, 0.25) is 5.02 Å². The number of halogens is 1. The number of carbonyl (C=O) groups excluding carboxylic acids is 1. The van der Waals surface area contributed by atoms with Gasteiger partial charge in [0.05, 0.1) is 5.02 Å². The van der Waals surface area contributed by atoms with Crippen molar-refractivity contribution in [2.24, 2.45) is 0 Å². The molecule has 0 unspecified atom stereocenters. The molecule has 2 nitrogen and oxygen atoms in total. The fourth-order valence-corrected chi connectivity index (χ4v) is 1.64. The van der Waals surface area contributed by atoms with Crippen LogP contribution in [0, 0.1) is 0 Å². The quantitative estimate of drug-likeness (QED) is 0.786. The Hall–Kier alpha value is -0.670. The largest absolute Gasteiger partial charge is 0.296 e. The molecule has 1 amide bonds. The standard InChI is InChI=1S/C9H10ClNOS/c1-2-9(12)11-13-8-6-4-3-5-7(8)10/h3-6H,2H2,1H3,(H,11,12). The number of nitrogens with one attached hydrogen (secondary N) is 1. The van der Waals surface area contributed by atoms with Crippen molar-refractivity contribution < 1.29 is 4.79 Å². The minimum atomic E-state index is 0.00456. The van der Waals surface area contributed by atoms with Crippen LogP contribution in [-0.4, -0.2) is 5.91 Å². The lowest BCUT2D eigenvalue weighted by Crippen LogP contribution is -2.13. The summed E-state index contributed by atoms with van der Waals surface area (Å²) in [4.78, 5) is 11.8. The normalized spacial score (nSPS) is 9.69. The van der Waals surface area contributed by atoms with Crippen molar-refractivity contribution in [3.63, 3.8) is 0 Å². The Labute approximate surface area is 86.8 Å². The zero-order chi connectivity index (χ0) is 9.68. The monoisotopic (exact) mass is 215 g/mol. The highest BCUT2D eigenvalue weighted by Gasteiger charge is 2.01. The van der Waals surface area contributed by atoms with Crippen molar-refractivity contribution >= 4 is 29.5 Å². The third-order valence-electron chi connectivity index (χ3n) is 1.43. The van der Waals surface area contributed by atoms with E-state index >= 15 is 0 Å². The van der Waals surface area contributed by atoms with Gasteiger partial charge in [0.25, 0.3) is 0 Å². The molecule has 0 atom stereocenters. The first-order chi connectivity index (χ1) is 6.24. The number of carbonyl (C=O) groups is 1. The number of benzene rings is 1. The highest BCUT2D eigenvalue weighted by atomic mass is 35.5. The first-order valence-corrected chi connectivity index (χ1v) is 5.13. The fourth-order valence-electron chi connectivity index (χ4n) is 0.712. The second-order valence-corrected chi connectivity index (χ2v) is 3.67. The van der Waals surface area contributed by atoms with Gasteiger partial charge in [-0.1, -0.05) is 30.7 Å². The summed E-state index contributed by atoms with van der Waals surface area (Å²) >= 11 is 7.13. The molecule has 0 saturated heterocycles. The van der Waals surface area contributed by atoms with Crippen molar-refractivity contribution in [3.8, 4) is 0 Å². The zero-order valence-electron chi connectivity index (χ0n) is 7.21. The van der Waals surface area contributed by atoms with Crippen LogP contribution in [0.3, 0.4) is 0 Å². The van der Waals surface area contributed by atoms with Gasteiger partial charge in [0.2, 0.25) is 5.91 Å². The number of amides is 1. The number of rotatable bonds is 3. The summed E-state index contributed by atoms with van der Waals surface area (Å²) in [6, 6.07) is 7.39. The molecule has 0 aliphatic heterocycles. The molecule has 0 heterocycles. The lowest BCUT2D eigenvalue weighted by Gasteiger charge is -2.03. The molecule has 0 saturated carbocycles. The van der Waals surface area contributed by atoms with Gasteiger partial charge >= 0.3 is 0 Å². The molecule has 1 aromatic rings. The minimum absolute atomic E-state index is 0.00456. The average molecular weight is 216 g/mol. The van der Waals surface area contributed by atoms with Crippen molar-refractivity contribution in [1.82, 2.24) is 4.72 Å². The first-order valence-electron chi connectivity index (χ1n) is 3.94. The van der Waals surface area contributed by atoms with E-state index in [0.717, 1.165) is 4.90 Å². The SMILES string of the molecule is CCC(=O)NSc1ccccc1Cl. The Balaban J connectivity index is 2.54. The molecule has 0 radical (unpaired) electrons. The topological polar surface area (TPSA) is 29.1 Å². The minimum Gasteiger partial charge on any atom is -0.296 e. The van der Waals surface area contributed by atoms with Crippen molar-refractivity contribution in [2.45, 2.75) is 18.2 Å². The van der Waals surface area contributed by atoms with Crippen LogP contribution in [-0.2, 0) is 4.79 Å². The molecule has 1 aromatic carbocycles. The zero-order valence-corrected chi connectivity index (χ0v) is 8.78. The van der Waals surface area contributed by atoms with E-state index in [9.17, 15) is 4.79 Å². The lowest BCUT2D eigenvalue weighted by molar-refractivity contribution is -0.118. The van der Waals surface area contributed by atoms with Gasteiger partial charge in [0.1, 0.15) is 0 Å². The average Bonchev–Trinajstić information content (AvgIpc) is 2.16. The van der Waals surface area contributed by atoms with Gasteiger partial charge in [-0.2, -0.15) is 0 Å². The summed E-state index contributed by atoms with van der Waals surface area (Å²) in [5.41, 5.74) is 0. The predicted molar refractivity (Wildman–Crippen MR) is 55.7 cm³/mol. The number of hydrogen-bond acceptors (Lipinski definition) is 2. The smallest absolute Gasteiger partial charge is 0.229 e. The Morgan fingerprint density at radius 2 is 2.23 bits per heavy atom. The Morgan fingerprint density at radius 3 is 2.85 bits per heavy atom. The summed E-state index contributed by atoms with van der Waals surface area (Å²) in [6.07, 6.45) is 0.484. The molecule has 0 fully saturated rings. The first kappa shape index (κ1) is 10.4. The second kappa shape index (κ2) is 5.14. The third-order valence-corrected chi connectivity index (χ3v) is 2.78. The Kier molecular flexibility index (Phi) is 4.12. The van der Waals surface area contributed by atoms with Crippen molar-refractivity contribution in [3.05, 3.63) is 29.3 Å². The van der Waals surface area contributed by atoms with Crippen LogP contribution < -0.4 is 4.72 Å². The molecule has 0 bridgehead atoms. The van der Waals surface area contributed by atoms with E-state index in [2.05, 4.69) is 4.72 Å². The summed E-state index contributed by atoms with van der Waals surface area (Å²) < 4.78 is 2.68. The van der Waals surface area contributed by atoms with E-state index in [1.54, 1.807) is 6.07 Å². The Bertz CT molecular complexity index is 303. The molecule has 0 aromatic heterocycles. The van der Waals surface area contributed by atoms with Crippen LogP contribution in [0.25, 0.3) is 0 Å². The molecule has 0 spiro atoms. The van der Waals surface area contributed by atoms with E-state index in [1.807, 2.05) is 25.1 Å². The maximum atomic E-state index is 10.9. The van der Waals surface area contributed by atoms with Crippen molar-refractivity contribution in [2.75, 3.05) is 0 Å². The summed E-state index contributed by atoms with van der Waals surface area (Å²) in [5.74, 6) is 0.00456. The molecule has 0 aliphatic carbocycles. The third kappa shape index (κ3) is 3.28. The van der Waals surface area contributed by atoms with Gasteiger partial charge < -0.3 is 0 Å². The van der Waals surface area contributed by atoms with Gasteiger partial charge in [-0.3, -0.25) is 9.52 Å². The van der Waals surface area contributed by atoms with E-state index in [1.165, 1.54) is 11.9 Å². The van der Waals surface area contributed by atoms with E-state index in [0.29, 0.717) is 11.4 Å². The van der Waals surface area contributed by atoms with E-state index in [4.69, 9.17) is 11.6 Å². The molecule has 70 valence electrons. The van der Waals surface area contributed by atoms with Gasteiger partial charge in [-0.15, -0.1) is 0 Å². The Morgan fingerprint density at radius 1 is 1.54 bits per heavy atom. The van der Waals surface area contributed by atoms with Gasteiger partial charge in [0, 0.05) is 11.3 Å². The maximum absolute atomic E-state index is 10.9. The predicted octanol–water partition coefficient (Wildman–Crippen LogP) is 2.87. The second-order valence-electron chi connectivity index (χ2n) is 2.41. The van der Waals surface area contributed by atoms with E-state index in [-0.39, 0.29) is 5.91 Å². The van der Waals surface area contributed by atoms with Gasteiger partial charge in [-0.25, -0.2) is 0 Å². The van der Waals surface area contributed by atoms with Crippen LogP contribution in [0.1, 0.15) is 13.3 Å². The molecule has 1 N–H and O–H groups in total. The van der Waals surface area contributed by atoms with Crippen LogP contribution >= 0.6 is 23.5 Å². The maximum Gasteiger partial charge on any atom is 0.229 e. The van der Waals surface area contributed by atoms with E-state index < -0.39 is 0 Å². The molecular weight excluding hydrogens is 206 g/mol. The molecule has 1 rings (SSSR count). The summed E-state index contributed by atoms with van der Waals surface area (Å²) in [5, 5.41) is 0.656. The molecule has 0 aliphatic rings. The number of hydrogen-bond donors (Lipinski definition) is 1. The molecular formula is C9H10ClNOS. The molecule has 13 heavy (non-hydrogen) atoms. The van der Waals surface area contributed by atoms with Crippen LogP contribution in [0.5, 0.6) is 0 Å². The molecule has 4 heteroatoms. The highest BCUT2D eigenvalue weighted by Crippen LogP contribution is 2.23. The van der Waals surface area contributed by atoms with Crippen molar-refractivity contribution in [1.29, 1.82) is 0 Å². The highest BCUT2D eigenvalue weighted by molar-refractivity contribution is 7.98. The summed E-state index contributed by atoms with van der Waals surface area (Å²) in [7, 11) is 0. The van der Waals surface area contributed by atoms with Crippen LogP contribution in [0.4, 0.5) is 0 Å². The summed E-state index contributed by atoms with van der Waals surface area (Å²) in [6.45, 7) is 1.81. The van der Waals surface area contributed by atoms with Gasteiger partial charge in [0.15, 0.2) is 0 Å². The van der Waals surface area contributed by atoms with Crippen LogP contribution in [0.15, 0.2) is 29.2 Å². The van der Waals surface area contributed by atoms with Gasteiger partial charge in [-0.05, 0) is 24.1 Å². The lowest BCUT2D eigenvalue weighted by atomic mass is 10.4. The fraction of sp³-hybridized carbons (Fsp3) is 0.222.